The van der Waals surface area contributed by atoms with Crippen LogP contribution in [-0.2, 0) is 4.79 Å². The van der Waals surface area contributed by atoms with Crippen LogP contribution in [0, 0.1) is 6.92 Å². The first-order valence-electron chi connectivity index (χ1n) is 7.34. The van der Waals surface area contributed by atoms with E-state index in [4.69, 9.17) is 14.6 Å². The minimum Gasteiger partial charge on any atom is -0.493 e. The van der Waals surface area contributed by atoms with Crippen molar-refractivity contribution in [2.45, 2.75) is 13.8 Å². The lowest BCUT2D eigenvalue weighted by Crippen LogP contribution is -2.18. The van der Waals surface area contributed by atoms with Crippen LogP contribution in [0.4, 0.5) is 0 Å². The molecule has 0 aliphatic carbocycles. The summed E-state index contributed by atoms with van der Waals surface area (Å²) in [7, 11) is 1.46. The van der Waals surface area contributed by atoms with E-state index < -0.39 is 12.6 Å². The van der Waals surface area contributed by atoms with E-state index in [0.29, 0.717) is 27.7 Å². The number of hydrogen-bond acceptors (Lipinski definition) is 6. The number of carbonyl (C=O) groups excluding carboxylic acids is 1. The average molecular weight is 362 g/mol. The monoisotopic (exact) mass is 362 g/mol. The summed E-state index contributed by atoms with van der Waals surface area (Å²) in [5.74, 6) is -0.644. The second kappa shape index (κ2) is 8.29. The number of carboxylic acid groups (broad SMARTS) is 1. The standard InChI is InChI=1S/C17H18N2O5S/c1-10-4-7-15(25-10)17(22)19-18-11(2)12-5-6-13(14(8-12)23-3)24-9-16(20)21/h4-8H,9H2,1-3H3,(H,19,22)(H,20,21)/b18-11+. The summed E-state index contributed by atoms with van der Waals surface area (Å²) in [4.78, 5) is 24.2. The van der Waals surface area contributed by atoms with Gasteiger partial charge in [-0.2, -0.15) is 5.10 Å². The predicted molar refractivity (Wildman–Crippen MR) is 94.9 cm³/mol. The van der Waals surface area contributed by atoms with Crippen LogP contribution >= 0.6 is 11.3 Å². The van der Waals surface area contributed by atoms with Gasteiger partial charge in [-0.3, -0.25) is 4.79 Å². The zero-order valence-corrected chi connectivity index (χ0v) is 14.8. The highest BCUT2D eigenvalue weighted by molar-refractivity contribution is 7.13. The molecule has 0 spiro atoms. The molecule has 0 fully saturated rings. The SMILES string of the molecule is COc1cc(/C(C)=N/NC(=O)c2ccc(C)s2)ccc1OCC(=O)O. The van der Waals surface area contributed by atoms with Gasteiger partial charge in [0, 0.05) is 10.4 Å². The molecule has 0 radical (unpaired) electrons. The van der Waals surface area contributed by atoms with Gasteiger partial charge in [0.1, 0.15) is 0 Å². The second-order valence-corrected chi connectivity index (χ2v) is 6.38. The van der Waals surface area contributed by atoms with Crippen molar-refractivity contribution in [3.05, 3.63) is 45.6 Å². The van der Waals surface area contributed by atoms with E-state index in [9.17, 15) is 9.59 Å². The van der Waals surface area contributed by atoms with Gasteiger partial charge in [0.15, 0.2) is 18.1 Å². The first kappa shape index (κ1) is 18.5. The van der Waals surface area contributed by atoms with Crippen LogP contribution in [0.3, 0.4) is 0 Å². The fourth-order valence-electron chi connectivity index (χ4n) is 1.96. The van der Waals surface area contributed by atoms with E-state index >= 15 is 0 Å². The Hall–Kier alpha value is -2.87. The van der Waals surface area contributed by atoms with Crippen molar-refractivity contribution < 1.29 is 24.2 Å². The van der Waals surface area contributed by atoms with Crippen molar-refractivity contribution in [1.82, 2.24) is 5.43 Å². The summed E-state index contributed by atoms with van der Waals surface area (Å²) < 4.78 is 10.4. The lowest BCUT2D eigenvalue weighted by Gasteiger charge is -2.11. The molecule has 1 aromatic carbocycles. The maximum Gasteiger partial charge on any atom is 0.341 e. The Morgan fingerprint density at radius 1 is 1.24 bits per heavy atom. The van der Waals surface area contributed by atoms with Crippen molar-refractivity contribution in [2.24, 2.45) is 5.10 Å². The molecule has 0 saturated carbocycles. The van der Waals surface area contributed by atoms with Crippen LogP contribution in [0.25, 0.3) is 0 Å². The fourth-order valence-corrected chi connectivity index (χ4v) is 2.72. The van der Waals surface area contributed by atoms with Gasteiger partial charge in [-0.15, -0.1) is 11.3 Å². The lowest BCUT2D eigenvalue weighted by atomic mass is 10.1. The molecule has 25 heavy (non-hydrogen) atoms. The van der Waals surface area contributed by atoms with Gasteiger partial charge in [0.25, 0.3) is 5.91 Å². The number of thiophene rings is 1. The number of carboxylic acids is 1. The number of benzene rings is 1. The van der Waals surface area contributed by atoms with E-state index in [-0.39, 0.29) is 5.91 Å². The third-order valence-electron chi connectivity index (χ3n) is 3.22. The molecule has 8 heteroatoms. The minimum absolute atomic E-state index is 0.272. The quantitative estimate of drug-likeness (QED) is 0.583. The minimum atomic E-state index is -1.07. The molecule has 1 aromatic heterocycles. The highest BCUT2D eigenvalue weighted by Crippen LogP contribution is 2.28. The van der Waals surface area contributed by atoms with Crippen molar-refractivity contribution in [3.8, 4) is 11.5 Å². The van der Waals surface area contributed by atoms with Gasteiger partial charge in [-0.25, -0.2) is 10.2 Å². The topological polar surface area (TPSA) is 97.2 Å². The molecule has 2 N–H and O–H groups in total. The predicted octanol–water partition coefficient (Wildman–Crippen LogP) is 2.68. The summed E-state index contributed by atoms with van der Waals surface area (Å²) in [6, 6.07) is 8.59. The van der Waals surface area contributed by atoms with E-state index in [1.807, 2.05) is 13.0 Å². The highest BCUT2D eigenvalue weighted by Gasteiger charge is 2.10. The third-order valence-corrected chi connectivity index (χ3v) is 4.22. The van der Waals surface area contributed by atoms with Crippen molar-refractivity contribution in [2.75, 3.05) is 13.7 Å². The molecule has 0 aliphatic rings. The number of hydrogen-bond donors (Lipinski definition) is 2. The summed E-state index contributed by atoms with van der Waals surface area (Å²) in [6.45, 7) is 3.21. The lowest BCUT2D eigenvalue weighted by molar-refractivity contribution is -0.139. The van der Waals surface area contributed by atoms with Crippen LogP contribution in [0.5, 0.6) is 11.5 Å². The molecule has 0 atom stereocenters. The molecule has 7 nitrogen and oxygen atoms in total. The van der Waals surface area contributed by atoms with Gasteiger partial charge in [0.05, 0.1) is 17.7 Å². The average Bonchev–Trinajstić information content (AvgIpc) is 3.03. The number of methoxy groups -OCH3 is 1. The van der Waals surface area contributed by atoms with Gasteiger partial charge >= 0.3 is 5.97 Å². The summed E-state index contributed by atoms with van der Waals surface area (Å²) in [6.07, 6.45) is 0. The summed E-state index contributed by atoms with van der Waals surface area (Å²) in [5, 5.41) is 12.8. The van der Waals surface area contributed by atoms with Crippen LogP contribution in [0.15, 0.2) is 35.4 Å². The van der Waals surface area contributed by atoms with E-state index in [2.05, 4.69) is 10.5 Å². The van der Waals surface area contributed by atoms with Crippen molar-refractivity contribution in [3.63, 3.8) is 0 Å². The number of carbonyl (C=O) groups is 2. The molecule has 1 heterocycles. The van der Waals surface area contributed by atoms with Crippen molar-refractivity contribution >= 4 is 28.9 Å². The molecule has 2 rings (SSSR count). The number of amides is 1. The highest BCUT2D eigenvalue weighted by atomic mass is 32.1. The maximum atomic E-state index is 12.0. The zero-order valence-electron chi connectivity index (χ0n) is 14.0. The Bertz CT molecular complexity index is 813. The first-order valence-corrected chi connectivity index (χ1v) is 8.16. The van der Waals surface area contributed by atoms with Gasteiger partial charge in [-0.05, 0) is 44.2 Å². The van der Waals surface area contributed by atoms with Gasteiger partial charge in [0.2, 0.25) is 0 Å². The first-order chi connectivity index (χ1) is 11.9. The van der Waals surface area contributed by atoms with Gasteiger partial charge < -0.3 is 14.6 Å². The normalized spacial score (nSPS) is 11.1. The van der Waals surface area contributed by atoms with Crippen LogP contribution in [0.2, 0.25) is 0 Å². The molecule has 0 saturated heterocycles. The van der Waals surface area contributed by atoms with E-state index in [1.165, 1.54) is 18.4 Å². The van der Waals surface area contributed by atoms with E-state index in [1.54, 1.807) is 31.2 Å². The largest absolute Gasteiger partial charge is 0.493 e. The number of nitrogens with one attached hydrogen (secondary N) is 1. The smallest absolute Gasteiger partial charge is 0.341 e. The molecular weight excluding hydrogens is 344 g/mol. The second-order valence-electron chi connectivity index (χ2n) is 5.10. The Morgan fingerprint density at radius 2 is 2.00 bits per heavy atom. The number of nitrogens with zero attached hydrogens (tertiary/aromatic N) is 1. The third kappa shape index (κ3) is 5.05. The number of rotatable bonds is 7. The molecule has 132 valence electrons. The number of hydrazone groups is 1. The molecule has 0 bridgehead atoms. The summed E-state index contributed by atoms with van der Waals surface area (Å²) >= 11 is 1.39. The Labute approximate surface area is 148 Å². The number of aryl methyl sites for hydroxylation is 1. The van der Waals surface area contributed by atoms with Gasteiger partial charge in [-0.1, -0.05) is 0 Å². The number of aliphatic carboxylic acids is 1. The Kier molecular flexibility index (Phi) is 6.13. The Morgan fingerprint density at radius 3 is 2.60 bits per heavy atom. The van der Waals surface area contributed by atoms with E-state index in [0.717, 1.165) is 4.88 Å². The van der Waals surface area contributed by atoms with Crippen LogP contribution in [-0.4, -0.2) is 36.4 Å². The molecule has 2 aromatic rings. The Balaban J connectivity index is 2.11. The fraction of sp³-hybridized carbons (Fsp3) is 0.235. The zero-order chi connectivity index (χ0) is 18.4. The van der Waals surface area contributed by atoms with Crippen LogP contribution < -0.4 is 14.9 Å². The van der Waals surface area contributed by atoms with Crippen molar-refractivity contribution in [1.29, 1.82) is 0 Å². The number of ether oxygens (including phenoxy) is 2. The van der Waals surface area contributed by atoms with Crippen LogP contribution in [0.1, 0.15) is 27.0 Å². The molecule has 0 unspecified atom stereocenters. The summed E-state index contributed by atoms with van der Waals surface area (Å²) in [5.41, 5.74) is 3.80. The maximum absolute atomic E-state index is 12.0. The molecular formula is C17H18N2O5S. The molecule has 1 amide bonds. The molecule has 0 aliphatic heterocycles.